The summed E-state index contributed by atoms with van der Waals surface area (Å²) < 4.78 is 5.60. The van der Waals surface area contributed by atoms with Gasteiger partial charge in [0.25, 0.3) is 5.69 Å². The van der Waals surface area contributed by atoms with Crippen molar-refractivity contribution in [2.45, 2.75) is 19.4 Å². The number of nitrogens with zero attached hydrogens (tertiary/aromatic N) is 1. The van der Waals surface area contributed by atoms with E-state index in [9.17, 15) is 15.2 Å². The summed E-state index contributed by atoms with van der Waals surface area (Å²) in [5.41, 5.74) is 1.53. The van der Waals surface area contributed by atoms with Crippen LogP contribution in [0.3, 0.4) is 0 Å². The highest BCUT2D eigenvalue weighted by molar-refractivity contribution is 5.40. The van der Waals surface area contributed by atoms with Gasteiger partial charge in [-0.05, 0) is 24.6 Å². The molecule has 0 saturated carbocycles. The summed E-state index contributed by atoms with van der Waals surface area (Å²) in [6, 6.07) is 13.8. The number of hydrogen-bond acceptors (Lipinski definition) is 4. The molecule has 0 aliphatic rings. The minimum Gasteiger partial charge on any atom is -0.493 e. The summed E-state index contributed by atoms with van der Waals surface area (Å²) in [5.74, 6) is 0.645. The lowest BCUT2D eigenvalue weighted by atomic mass is 10.1. The zero-order valence-electron chi connectivity index (χ0n) is 11.7. The average Bonchev–Trinajstić information content (AvgIpc) is 2.48. The Kier molecular flexibility index (Phi) is 4.90. The first-order chi connectivity index (χ1) is 10.1. The second-order valence-electron chi connectivity index (χ2n) is 4.73. The van der Waals surface area contributed by atoms with Crippen LogP contribution in [-0.4, -0.2) is 16.6 Å². The third kappa shape index (κ3) is 4.03. The lowest BCUT2D eigenvalue weighted by molar-refractivity contribution is -0.385. The van der Waals surface area contributed by atoms with Crippen molar-refractivity contribution in [2.75, 3.05) is 6.61 Å². The van der Waals surface area contributed by atoms with Gasteiger partial charge < -0.3 is 9.84 Å². The molecule has 0 unspecified atom stereocenters. The van der Waals surface area contributed by atoms with Gasteiger partial charge in [-0.1, -0.05) is 30.3 Å². The maximum atomic E-state index is 10.9. The van der Waals surface area contributed by atoms with Crippen LogP contribution in [0.25, 0.3) is 0 Å². The molecule has 2 aromatic carbocycles. The fourth-order valence-corrected chi connectivity index (χ4v) is 2.04. The fourth-order valence-electron chi connectivity index (χ4n) is 2.04. The molecule has 0 spiro atoms. The molecule has 2 aromatic rings. The van der Waals surface area contributed by atoms with Crippen molar-refractivity contribution >= 4 is 5.69 Å². The highest BCUT2D eigenvalue weighted by Gasteiger charge is 2.12. The molecular formula is C16H17NO4. The number of rotatable bonds is 6. The molecule has 1 N–H and O–H groups in total. The number of nitro benzene ring substituents is 1. The van der Waals surface area contributed by atoms with Gasteiger partial charge in [-0.15, -0.1) is 0 Å². The molecular weight excluding hydrogens is 270 g/mol. The zero-order valence-corrected chi connectivity index (χ0v) is 11.7. The molecule has 5 heteroatoms. The average molecular weight is 287 g/mol. The molecule has 1 atom stereocenters. The summed E-state index contributed by atoms with van der Waals surface area (Å²) >= 11 is 0. The van der Waals surface area contributed by atoms with Crippen LogP contribution >= 0.6 is 0 Å². The number of hydrogen-bond donors (Lipinski definition) is 1. The van der Waals surface area contributed by atoms with Crippen LogP contribution in [0.5, 0.6) is 5.75 Å². The Labute approximate surface area is 123 Å². The van der Waals surface area contributed by atoms with E-state index in [4.69, 9.17) is 4.74 Å². The van der Waals surface area contributed by atoms with Crippen molar-refractivity contribution < 1.29 is 14.8 Å². The molecule has 0 amide bonds. The first-order valence-electron chi connectivity index (χ1n) is 6.71. The Morgan fingerprint density at radius 2 is 2.00 bits per heavy atom. The Hall–Kier alpha value is -2.40. The highest BCUT2D eigenvalue weighted by atomic mass is 16.6. The van der Waals surface area contributed by atoms with Crippen LogP contribution in [-0.2, 0) is 6.42 Å². The first-order valence-corrected chi connectivity index (χ1v) is 6.71. The summed E-state index contributed by atoms with van der Waals surface area (Å²) in [6.07, 6.45) is -0.0976. The molecule has 0 saturated heterocycles. The largest absolute Gasteiger partial charge is 0.493 e. The van der Waals surface area contributed by atoms with E-state index in [-0.39, 0.29) is 10.6 Å². The highest BCUT2D eigenvalue weighted by Crippen LogP contribution is 2.21. The second-order valence-corrected chi connectivity index (χ2v) is 4.73. The van der Waals surface area contributed by atoms with Crippen molar-refractivity contribution in [3.05, 3.63) is 69.8 Å². The Morgan fingerprint density at radius 3 is 2.71 bits per heavy atom. The van der Waals surface area contributed by atoms with Crippen LogP contribution in [0.1, 0.15) is 24.2 Å². The monoisotopic (exact) mass is 287 g/mol. The van der Waals surface area contributed by atoms with E-state index in [1.165, 1.54) is 6.07 Å². The molecule has 110 valence electrons. The molecule has 5 nitrogen and oxygen atoms in total. The van der Waals surface area contributed by atoms with E-state index >= 15 is 0 Å². The number of benzene rings is 2. The normalized spacial score (nSPS) is 11.9. The Morgan fingerprint density at radius 1 is 1.24 bits per heavy atom. The number of nitro groups is 1. The summed E-state index contributed by atoms with van der Waals surface area (Å²) in [4.78, 5) is 10.5. The summed E-state index contributed by atoms with van der Waals surface area (Å²) in [7, 11) is 0. The molecule has 0 bridgehead atoms. The van der Waals surface area contributed by atoms with Crippen molar-refractivity contribution in [2.24, 2.45) is 0 Å². The van der Waals surface area contributed by atoms with E-state index in [0.717, 1.165) is 5.56 Å². The predicted octanol–water partition coefficient (Wildman–Crippen LogP) is 3.27. The zero-order chi connectivity index (χ0) is 15.2. The standard InChI is InChI=1S/C16H17NO4/c1-12(18)14-6-4-7-15(11-14)21-10-9-13-5-2-3-8-16(13)17(19)20/h2-8,11-12,18H,9-10H2,1H3/t12-/m1/s1. The van der Waals surface area contributed by atoms with Gasteiger partial charge in [0.2, 0.25) is 0 Å². The molecule has 2 rings (SSSR count). The van der Waals surface area contributed by atoms with Gasteiger partial charge >= 0.3 is 0 Å². The minimum absolute atomic E-state index is 0.110. The van der Waals surface area contributed by atoms with Gasteiger partial charge in [0.05, 0.1) is 17.6 Å². The molecule has 0 heterocycles. The number of aliphatic hydroxyl groups is 1. The minimum atomic E-state index is -0.552. The van der Waals surface area contributed by atoms with Gasteiger partial charge in [-0.25, -0.2) is 0 Å². The third-order valence-electron chi connectivity index (χ3n) is 3.17. The van der Waals surface area contributed by atoms with Crippen molar-refractivity contribution in [1.82, 2.24) is 0 Å². The second kappa shape index (κ2) is 6.85. The van der Waals surface area contributed by atoms with Crippen LogP contribution in [0.15, 0.2) is 48.5 Å². The van der Waals surface area contributed by atoms with Gasteiger partial charge in [-0.3, -0.25) is 10.1 Å². The maximum Gasteiger partial charge on any atom is 0.272 e. The van der Waals surface area contributed by atoms with Gasteiger partial charge in [0, 0.05) is 18.1 Å². The number of ether oxygens (including phenoxy) is 1. The number of aliphatic hydroxyl groups excluding tert-OH is 1. The smallest absolute Gasteiger partial charge is 0.272 e. The van der Waals surface area contributed by atoms with Crippen molar-refractivity contribution in [3.63, 3.8) is 0 Å². The molecule has 0 radical (unpaired) electrons. The lowest BCUT2D eigenvalue weighted by Crippen LogP contribution is -2.04. The van der Waals surface area contributed by atoms with Gasteiger partial charge in [0.15, 0.2) is 0 Å². The van der Waals surface area contributed by atoms with Crippen LogP contribution in [0, 0.1) is 10.1 Å². The van der Waals surface area contributed by atoms with E-state index in [2.05, 4.69) is 0 Å². The van der Waals surface area contributed by atoms with Crippen LogP contribution in [0.4, 0.5) is 5.69 Å². The summed E-state index contributed by atoms with van der Waals surface area (Å²) in [6.45, 7) is 2.03. The molecule has 0 aromatic heterocycles. The molecule has 21 heavy (non-hydrogen) atoms. The van der Waals surface area contributed by atoms with E-state index < -0.39 is 6.10 Å². The Balaban J connectivity index is 1.99. The van der Waals surface area contributed by atoms with Crippen molar-refractivity contribution in [1.29, 1.82) is 0 Å². The van der Waals surface area contributed by atoms with E-state index in [1.807, 2.05) is 12.1 Å². The maximum absolute atomic E-state index is 10.9. The topological polar surface area (TPSA) is 72.6 Å². The fraction of sp³-hybridized carbons (Fsp3) is 0.250. The van der Waals surface area contributed by atoms with E-state index in [1.54, 1.807) is 37.3 Å². The third-order valence-corrected chi connectivity index (χ3v) is 3.17. The molecule has 0 fully saturated rings. The van der Waals surface area contributed by atoms with E-state index in [0.29, 0.717) is 24.3 Å². The Bertz CT molecular complexity index is 625. The predicted molar refractivity (Wildman–Crippen MR) is 79.4 cm³/mol. The molecule has 0 aliphatic carbocycles. The lowest BCUT2D eigenvalue weighted by Gasteiger charge is -2.09. The van der Waals surface area contributed by atoms with Gasteiger partial charge in [-0.2, -0.15) is 0 Å². The van der Waals surface area contributed by atoms with Gasteiger partial charge in [0.1, 0.15) is 5.75 Å². The molecule has 0 aliphatic heterocycles. The van der Waals surface area contributed by atoms with Crippen LogP contribution in [0.2, 0.25) is 0 Å². The SMILES string of the molecule is C[C@@H](O)c1cccc(OCCc2ccccc2[N+](=O)[O-])c1. The summed E-state index contributed by atoms with van der Waals surface area (Å²) in [5, 5.41) is 20.4. The van der Waals surface area contributed by atoms with Crippen molar-refractivity contribution in [3.8, 4) is 5.75 Å². The van der Waals surface area contributed by atoms with Crippen LogP contribution < -0.4 is 4.74 Å². The first kappa shape index (κ1) is 15.0. The number of para-hydroxylation sites is 1. The quantitative estimate of drug-likeness (QED) is 0.653.